The van der Waals surface area contributed by atoms with Crippen molar-refractivity contribution in [3.8, 4) is 0 Å². The molecule has 0 spiro atoms. The summed E-state index contributed by atoms with van der Waals surface area (Å²) in [6.45, 7) is -0.274. The molecular formula is C4H8O3S2. The Balaban J connectivity index is 3.72. The minimum atomic E-state index is -1.06. The van der Waals surface area contributed by atoms with E-state index in [9.17, 15) is 4.79 Å². The summed E-state index contributed by atoms with van der Waals surface area (Å²) in [6, 6.07) is 0. The highest BCUT2D eigenvalue weighted by Gasteiger charge is 2.19. The van der Waals surface area contributed by atoms with Gasteiger partial charge in [-0.05, 0) is 0 Å². The largest absolute Gasteiger partial charge is 0.480 e. The van der Waals surface area contributed by atoms with Gasteiger partial charge in [0, 0.05) is 5.25 Å². The van der Waals surface area contributed by atoms with Crippen molar-refractivity contribution in [2.45, 2.75) is 10.5 Å². The van der Waals surface area contributed by atoms with Gasteiger partial charge in [-0.1, -0.05) is 0 Å². The number of hydrogen-bond donors (Lipinski definition) is 4. The van der Waals surface area contributed by atoms with Crippen LogP contribution in [0, 0.1) is 0 Å². The topological polar surface area (TPSA) is 57.5 Å². The van der Waals surface area contributed by atoms with E-state index >= 15 is 0 Å². The Morgan fingerprint density at radius 3 is 2.11 bits per heavy atom. The Labute approximate surface area is 63.9 Å². The minimum Gasteiger partial charge on any atom is -0.480 e. The Morgan fingerprint density at radius 1 is 1.56 bits per heavy atom. The van der Waals surface area contributed by atoms with Crippen LogP contribution < -0.4 is 0 Å². The molecule has 2 N–H and O–H groups in total. The van der Waals surface area contributed by atoms with E-state index in [1.54, 1.807) is 0 Å². The quantitative estimate of drug-likeness (QED) is 0.436. The Hall–Kier alpha value is 0.130. The first kappa shape index (κ1) is 9.13. The lowest BCUT2D eigenvalue weighted by Crippen LogP contribution is -2.27. The average Bonchev–Trinajstić information content (AvgIpc) is 1.84. The summed E-state index contributed by atoms with van der Waals surface area (Å²) >= 11 is 7.42. The molecule has 0 saturated carbocycles. The lowest BCUT2D eigenvalue weighted by Gasteiger charge is -2.09. The van der Waals surface area contributed by atoms with Crippen molar-refractivity contribution in [3.05, 3.63) is 0 Å². The molecule has 0 saturated heterocycles. The van der Waals surface area contributed by atoms with Gasteiger partial charge in [0.15, 0.2) is 0 Å². The van der Waals surface area contributed by atoms with Crippen LogP contribution in [0.15, 0.2) is 0 Å². The van der Waals surface area contributed by atoms with Crippen molar-refractivity contribution in [1.82, 2.24) is 0 Å². The van der Waals surface area contributed by atoms with Crippen molar-refractivity contribution in [2.24, 2.45) is 0 Å². The maximum atomic E-state index is 10.1. The van der Waals surface area contributed by atoms with E-state index < -0.39 is 16.5 Å². The van der Waals surface area contributed by atoms with Gasteiger partial charge in [0.25, 0.3) is 0 Å². The van der Waals surface area contributed by atoms with Gasteiger partial charge in [0.05, 0.1) is 6.61 Å². The number of carboxylic acid groups (broad SMARTS) is 1. The molecule has 3 nitrogen and oxygen atoms in total. The number of hydrogen-bond acceptors (Lipinski definition) is 4. The normalized spacial score (nSPS) is 16.8. The van der Waals surface area contributed by atoms with Gasteiger partial charge in [-0.25, -0.2) is 0 Å². The van der Waals surface area contributed by atoms with Gasteiger partial charge >= 0.3 is 5.97 Å². The molecule has 0 radical (unpaired) electrons. The zero-order valence-electron chi connectivity index (χ0n) is 4.56. The molecule has 0 aromatic carbocycles. The van der Waals surface area contributed by atoms with Crippen molar-refractivity contribution < 1.29 is 15.0 Å². The summed E-state index contributed by atoms with van der Waals surface area (Å²) in [7, 11) is 0. The highest BCUT2D eigenvalue weighted by molar-refractivity contribution is 7.85. The summed E-state index contributed by atoms with van der Waals surface area (Å²) in [6.07, 6.45) is 0. The van der Waals surface area contributed by atoms with E-state index in [0.29, 0.717) is 0 Å². The lowest BCUT2D eigenvalue weighted by atomic mass is 10.3. The van der Waals surface area contributed by atoms with Gasteiger partial charge in [0.1, 0.15) is 5.25 Å². The lowest BCUT2D eigenvalue weighted by molar-refractivity contribution is -0.136. The highest BCUT2D eigenvalue weighted by Crippen LogP contribution is 2.07. The van der Waals surface area contributed by atoms with E-state index in [1.165, 1.54) is 0 Å². The molecule has 0 fully saturated rings. The van der Waals surface area contributed by atoms with Gasteiger partial charge in [-0.2, -0.15) is 25.3 Å². The third kappa shape index (κ3) is 2.98. The van der Waals surface area contributed by atoms with Crippen LogP contribution in [0.25, 0.3) is 0 Å². The predicted octanol–water partition coefficient (Wildman–Crippen LogP) is -0.340. The van der Waals surface area contributed by atoms with Crippen molar-refractivity contribution >= 4 is 31.2 Å². The van der Waals surface area contributed by atoms with Crippen LogP contribution in [-0.4, -0.2) is 33.3 Å². The summed E-state index contributed by atoms with van der Waals surface area (Å²) < 4.78 is 0. The molecule has 0 heterocycles. The fourth-order valence-corrected chi connectivity index (χ4v) is 0.486. The van der Waals surface area contributed by atoms with Crippen molar-refractivity contribution in [1.29, 1.82) is 0 Å². The van der Waals surface area contributed by atoms with Crippen LogP contribution in [0.1, 0.15) is 0 Å². The zero-order valence-corrected chi connectivity index (χ0v) is 6.35. The number of aliphatic hydroxyl groups is 1. The molecule has 2 unspecified atom stereocenters. The van der Waals surface area contributed by atoms with E-state index in [0.717, 1.165) is 0 Å². The molecule has 0 aromatic heterocycles. The Morgan fingerprint density at radius 2 is 2.00 bits per heavy atom. The summed E-state index contributed by atoms with van der Waals surface area (Å²) in [5.41, 5.74) is 0. The average molecular weight is 168 g/mol. The standard InChI is InChI=1S/C4H8O3S2/c5-1-2(8)3(9)4(6)7/h2-3,5,8-9H,1H2,(H,6,7). The maximum Gasteiger partial charge on any atom is 0.317 e. The van der Waals surface area contributed by atoms with Gasteiger partial charge < -0.3 is 10.2 Å². The molecule has 0 aromatic rings. The third-order valence-corrected chi connectivity index (χ3v) is 2.08. The molecule has 0 aliphatic carbocycles. The SMILES string of the molecule is O=C(O)C(S)C(S)CO. The smallest absolute Gasteiger partial charge is 0.317 e. The van der Waals surface area contributed by atoms with E-state index in [-0.39, 0.29) is 6.61 Å². The first-order valence-electron chi connectivity index (χ1n) is 2.29. The number of carboxylic acids is 1. The van der Waals surface area contributed by atoms with E-state index in [1.807, 2.05) is 0 Å². The van der Waals surface area contributed by atoms with Gasteiger partial charge in [0.2, 0.25) is 0 Å². The number of aliphatic carboxylic acids is 1. The van der Waals surface area contributed by atoms with Crippen LogP contribution in [0.4, 0.5) is 0 Å². The molecule has 0 aliphatic rings. The molecule has 0 rings (SSSR count). The first-order valence-corrected chi connectivity index (χ1v) is 3.32. The Kier molecular flexibility index (Phi) is 4.09. The van der Waals surface area contributed by atoms with E-state index in [2.05, 4.69) is 25.3 Å². The summed E-state index contributed by atoms with van der Waals surface area (Å²) in [5.74, 6) is -1.06. The minimum absolute atomic E-state index is 0.274. The fraction of sp³-hybridized carbons (Fsp3) is 0.750. The molecule has 54 valence electrons. The van der Waals surface area contributed by atoms with E-state index in [4.69, 9.17) is 10.2 Å². The number of rotatable bonds is 3. The number of thiol groups is 2. The molecule has 0 amide bonds. The highest BCUT2D eigenvalue weighted by atomic mass is 32.1. The van der Waals surface area contributed by atoms with Gasteiger partial charge in [-0.15, -0.1) is 0 Å². The summed E-state index contributed by atoms with van der Waals surface area (Å²) in [5, 5.41) is 15.1. The van der Waals surface area contributed by atoms with Crippen molar-refractivity contribution in [2.75, 3.05) is 6.61 Å². The molecule has 5 heteroatoms. The molecule has 9 heavy (non-hydrogen) atoms. The second-order valence-electron chi connectivity index (χ2n) is 1.53. The summed E-state index contributed by atoms with van der Waals surface area (Å²) in [4.78, 5) is 10.1. The fourth-order valence-electron chi connectivity index (χ4n) is 0.264. The van der Waals surface area contributed by atoms with Gasteiger partial charge in [-0.3, -0.25) is 4.79 Å². The van der Waals surface area contributed by atoms with Crippen molar-refractivity contribution in [3.63, 3.8) is 0 Å². The predicted molar refractivity (Wildman–Crippen MR) is 40.3 cm³/mol. The van der Waals surface area contributed by atoms with Crippen LogP contribution in [-0.2, 0) is 4.79 Å². The molecule has 2 atom stereocenters. The van der Waals surface area contributed by atoms with Crippen LogP contribution >= 0.6 is 25.3 Å². The molecule has 0 aliphatic heterocycles. The number of aliphatic hydroxyl groups excluding tert-OH is 1. The monoisotopic (exact) mass is 168 g/mol. The zero-order chi connectivity index (χ0) is 7.44. The second kappa shape index (κ2) is 4.03. The van der Waals surface area contributed by atoms with Crippen LogP contribution in [0.2, 0.25) is 0 Å². The number of carbonyl (C=O) groups is 1. The van der Waals surface area contributed by atoms with Crippen LogP contribution in [0.3, 0.4) is 0 Å². The third-order valence-electron chi connectivity index (χ3n) is 0.805. The van der Waals surface area contributed by atoms with Crippen LogP contribution in [0.5, 0.6) is 0 Å². The molecule has 0 bridgehead atoms. The first-order chi connectivity index (χ1) is 4.09. The maximum absolute atomic E-state index is 10.1. The second-order valence-corrected chi connectivity index (χ2v) is 2.75. The molecular weight excluding hydrogens is 160 g/mol. The Bertz CT molecular complexity index is 106.